The van der Waals surface area contributed by atoms with Gasteiger partial charge in [-0.2, -0.15) is 0 Å². The molecule has 132 valence electrons. The fourth-order valence-electron chi connectivity index (χ4n) is 1.99. The lowest BCUT2D eigenvalue weighted by molar-refractivity contribution is -0.136. The summed E-state index contributed by atoms with van der Waals surface area (Å²) in [5, 5.41) is 2.64. The van der Waals surface area contributed by atoms with Gasteiger partial charge in [0, 0.05) is 18.0 Å². The van der Waals surface area contributed by atoms with E-state index in [2.05, 4.69) is 20.7 Å². The van der Waals surface area contributed by atoms with Crippen LogP contribution in [0.1, 0.15) is 10.4 Å². The van der Waals surface area contributed by atoms with Gasteiger partial charge in [-0.25, -0.2) is 4.98 Å². The number of ether oxygens (including phenoxy) is 1. The Morgan fingerprint density at radius 2 is 1.81 bits per heavy atom. The molecule has 2 heterocycles. The van der Waals surface area contributed by atoms with E-state index in [9.17, 15) is 14.4 Å². The summed E-state index contributed by atoms with van der Waals surface area (Å²) in [6.07, 6.45) is 2.87. The highest BCUT2D eigenvalue weighted by Crippen LogP contribution is 2.28. The van der Waals surface area contributed by atoms with E-state index in [1.54, 1.807) is 25.3 Å². The first-order valence-corrected chi connectivity index (χ1v) is 8.15. The maximum Gasteiger partial charge on any atom is 0.328 e. The quantitative estimate of drug-likeness (QED) is 0.468. The highest BCUT2D eigenvalue weighted by molar-refractivity contribution is 7.22. The van der Waals surface area contributed by atoms with Gasteiger partial charge in [-0.3, -0.25) is 35.5 Å². The molecule has 0 spiro atoms. The van der Waals surface area contributed by atoms with Crippen LogP contribution in [-0.2, 0) is 9.59 Å². The summed E-state index contributed by atoms with van der Waals surface area (Å²) in [4.78, 5) is 43.5. The molecule has 0 radical (unpaired) electrons. The lowest BCUT2D eigenvalue weighted by Crippen LogP contribution is -2.46. The van der Waals surface area contributed by atoms with E-state index in [0.717, 1.165) is 4.70 Å². The lowest BCUT2D eigenvalue weighted by Gasteiger charge is -2.06. The number of thiazole rings is 1. The zero-order valence-corrected chi connectivity index (χ0v) is 14.3. The van der Waals surface area contributed by atoms with E-state index in [-0.39, 0.29) is 5.13 Å². The molecule has 0 unspecified atom stereocenters. The number of hydrazine groups is 1. The smallest absolute Gasteiger partial charge is 0.328 e. The molecule has 0 aliphatic carbocycles. The van der Waals surface area contributed by atoms with Crippen LogP contribution in [0.25, 0.3) is 10.2 Å². The van der Waals surface area contributed by atoms with Crippen molar-refractivity contribution < 1.29 is 19.1 Å². The summed E-state index contributed by atoms with van der Waals surface area (Å²) in [6, 6.07) is 8.20. The first kappa shape index (κ1) is 17.3. The summed E-state index contributed by atoms with van der Waals surface area (Å²) in [7, 11) is 1.55. The molecule has 0 fully saturated rings. The molecule has 3 aromatic rings. The Morgan fingerprint density at radius 1 is 1.04 bits per heavy atom. The Balaban J connectivity index is 1.59. The van der Waals surface area contributed by atoms with Crippen molar-refractivity contribution in [1.82, 2.24) is 20.8 Å². The third-order valence-electron chi connectivity index (χ3n) is 3.25. The van der Waals surface area contributed by atoms with Crippen LogP contribution in [-0.4, -0.2) is 34.8 Å². The molecule has 0 atom stereocenters. The van der Waals surface area contributed by atoms with Gasteiger partial charge in [0.05, 0.1) is 17.3 Å². The minimum Gasteiger partial charge on any atom is -0.497 e. The number of anilines is 1. The standard InChI is InChI=1S/C16H13N5O4S/c1-25-10-2-3-11-12(8-10)26-16(18-11)19-14(23)15(24)21-20-13(22)9-4-6-17-7-5-9/h2-8H,1H3,(H,20,22)(H,21,24)(H,18,19,23). The predicted molar refractivity (Wildman–Crippen MR) is 94.6 cm³/mol. The van der Waals surface area contributed by atoms with E-state index in [1.807, 2.05) is 5.43 Å². The minimum absolute atomic E-state index is 0.258. The summed E-state index contributed by atoms with van der Waals surface area (Å²) < 4.78 is 5.92. The molecule has 26 heavy (non-hydrogen) atoms. The van der Waals surface area contributed by atoms with Gasteiger partial charge in [0.2, 0.25) is 0 Å². The molecule has 0 bridgehead atoms. The van der Waals surface area contributed by atoms with Crippen LogP contribution in [0.5, 0.6) is 5.75 Å². The third kappa shape index (κ3) is 3.92. The van der Waals surface area contributed by atoms with E-state index in [1.165, 1.54) is 35.9 Å². The first-order valence-electron chi connectivity index (χ1n) is 7.33. The van der Waals surface area contributed by atoms with Crippen molar-refractivity contribution >= 4 is 44.4 Å². The number of benzene rings is 1. The van der Waals surface area contributed by atoms with Gasteiger partial charge in [0.15, 0.2) is 5.13 Å². The zero-order chi connectivity index (χ0) is 18.5. The van der Waals surface area contributed by atoms with Crippen molar-refractivity contribution in [3.63, 3.8) is 0 Å². The highest BCUT2D eigenvalue weighted by atomic mass is 32.1. The molecule has 10 heteroatoms. The molecule has 3 rings (SSSR count). The number of nitrogens with one attached hydrogen (secondary N) is 3. The van der Waals surface area contributed by atoms with Crippen molar-refractivity contribution in [2.24, 2.45) is 0 Å². The molecule has 1 aromatic carbocycles. The maximum atomic E-state index is 11.9. The average Bonchev–Trinajstić information content (AvgIpc) is 3.07. The van der Waals surface area contributed by atoms with Gasteiger partial charge in [-0.1, -0.05) is 11.3 Å². The SMILES string of the molecule is COc1ccc2nc(NC(=O)C(=O)NNC(=O)c3ccncc3)sc2c1. The Morgan fingerprint density at radius 3 is 2.54 bits per heavy atom. The van der Waals surface area contributed by atoms with Crippen LogP contribution in [0.2, 0.25) is 0 Å². The van der Waals surface area contributed by atoms with Crippen LogP contribution >= 0.6 is 11.3 Å². The Bertz CT molecular complexity index is 973. The van der Waals surface area contributed by atoms with Crippen LogP contribution in [0.4, 0.5) is 5.13 Å². The average molecular weight is 371 g/mol. The normalized spacial score (nSPS) is 10.2. The Hall–Kier alpha value is -3.53. The lowest BCUT2D eigenvalue weighted by atomic mass is 10.3. The van der Waals surface area contributed by atoms with Gasteiger partial charge >= 0.3 is 11.8 Å². The number of hydrogen-bond acceptors (Lipinski definition) is 7. The number of rotatable bonds is 3. The zero-order valence-electron chi connectivity index (χ0n) is 13.5. The number of pyridine rings is 1. The van der Waals surface area contributed by atoms with Crippen LogP contribution in [0.3, 0.4) is 0 Å². The minimum atomic E-state index is -1.02. The van der Waals surface area contributed by atoms with Crippen molar-refractivity contribution in [2.45, 2.75) is 0 Å². The van der Waals surface area contributed by atoms with E-state index in [4.69, 9.17) is 4.74 Å². The second-order valence-corrected chi connectivity index (χ2v) is 5.98. The van der Waals surface area contributed by atoms with Gasteiger partial charge < -0.3 is 4.74 Å². The van der Waals surface area contributed by atoms with Crippen molar-refractivity contribution in [1.29, 1.82) is 0 Å². The van der Waals surface area contributed by atoms with Crippen LogP contribution in [0.15, 0.2) is 42.7 Å². The predicted octanol–water partition coefficient (Wildman–Crippen LogP) is 1.10. The van der Waals surface area contributed by atoms with E-state index in [0.29, 0.717) is 16.8 Å². The number of hydrogen-bond donors (Lipinski definition) is 3. The molecule has 2 aromatic heterocycles. The van der Waals surface area contributed by atoms with Gasteiger partial charge in [0.25, 0.3) is 5.91 Å². The second-order valence-electron chi connectivity index (χ2n) is 4.95. The van der Waals surface area contributed by atoms with Gasteiger partial charge in [-0.05, 0) is 30.3 Å². The highest BCUT2D eigenvalue weighted by Gasteiger charge is 2.17. The number of nitrogens with zero attached hydrogens (tertiary/aromatic N) is 2. The molecule has 0 saturated heterocycles. The summed E-state index contributed by atoms with van der Waals surface area (Å²) in [6.45, 7) is 0. The number of fused-ring (bicyclic) bond motifs is 1. The number of methoxy groups -OCH3 is 1. The number of carbonyl (C=O) groups is 3. The first-order chi connectivity index (χ1) is 12.6. The second kappa shape index (κ2) is 7.57. The van der Waals surface area contributed by atoms with Crippen molar-refractivity contribution in [3.05, 3.63) is 48.3 Å². The van der Waals surface area contributed by atoms with E-state index >= 15 is 0 Å². The fraction of sp³-hybridized carbons (Fsp3) is 0.0625. The number of amides is 3. The molecule has 9 nitrogen and oxygen atoms in total. The van der Waals surface area contributed by atoms with Crippen LogP contribution in [0, 0.1) is 0 Å². The van der Waals surface area contributed by atoms with Gasteiger partial charge in [0.1, 0.15) is 5.75 Å². The van der Waals surface area contributed by atoms with Crippen molar-refractivity contribution in [2.75, 3.05) is 12.4 Å². The molecule has 0 aliphatic heterocycles. The molecule has 0 saturated carbocycles. The Labute approximate surface area is 151 Å². The fourth-order valence-corrected chi connectivity index (χ4v) is 2.87. The Kier molecular flexibility index (Phi) is 5.04. The molecular weight excluding hydrogens is 358 g/mol. The van der Waals surface area contributed by atoms with E-state index < -0.39 is 17.7 Å². The summed E-state index contributed by atoms with van der Waals surface area (Å²) in [5.41, 5.74) is 5.14. The molecule has 0 aliphatic rings. The summed E-state index contributed by atoms with van der Waals surface area (Å²) >= 11 is 1.20. The van der Waals surface area contributed by atoms with Gasteiger partial charge in [-0.15, -0.1) is 0 Å². The topological polar surface area (TPSA) is 122 Å². The number of aromatic nitrogens is 2. The summed E-state index contributed by atoms with van der Waals surface area (Å²) in [5.74, 6) is -1.88. The monoisotopic (exact) mass is 371 g/mol. The largest absolute Gasteiger partial charge is 0.497 e. The molecule has 3 N–H and O–H groups in total. The molecule has 3 amide bonds. The van der Waals surface area contributed by atoms with Crippen molar-refractivity contribution in [3.8, 4) is 5.75 Å². The third-order valence-corrected chi connectivity index (χ3v) is 4.19. The van der Waals surface area contributed by atoms with Crippen LogP contribution < -0.4 is 20.9 Å². The number of carbonyl (C=O) groups excluding carboxylic acids is 3. The maximum absolute atomic E-state index is 11.9. The molecular formula is C16H13N5O4S.